The van der Waals surface area contributed by atoms with Gasteiger partial charge in [-0.05, 0) is 28.9 Å². The van der Waals surface area contributed by atoms with Crippen molar-refractivity contribution in [2.45, 2.75) is 6.42 Å². The highest BCUT2D eigenvalue weighted by Crippen LogP contribution is 2.29. The minimum atomic E-state index is -2.78. The first-order valence-corrected chi connectivity index (χ1v) is 10.1. The summed E-state index contributed by atoms with van der Waals surface area (Å²) >= 11 is 0. The van der Waals surface area contributed by atoms with Gasteiger partial charge in [0.15, 0.2) is 0 Å². The topological polar surface area (TPSA) is 114 Å². The molecule has 1 unspecified atom stereocenters. The molecule has 1 rings (SSSR count). The predicted molar refractivity (Wildman–Crippen MR) is 120 cm³/mol. The van der Waals surface area contributed by atoms with Gasteiger partial charge in [0.2, 0.25) is 10.9 Å². The summed E-state index contributed by atoms with van der Waals surface area (Å²) in [4.78, 5) is 11.6. The molecule has 1 heterocycles. The molecule has 0 aromatic carbocycles. The molecule has 0 spiro atoms. The summed E-state index contributed by atoms with van der Waals surface area (Å²) in [5, 5.41) is 17.5. The fraction of sp³-hybridized carbons (Fsp3) is 0.190. The molecule has 0 aliphatic heterocycles. The van der Waals surface area contributed by atoms with Crippen molar-refractivity contribution in [3.8, 4) is 0 Å². The minimum absolute atomic E-state index is 0.0275. The number of hydrogen-bond donors (Lipinski definition) is 3. The minimum Gasteiger partial charge on any atom is -0.481 e. The van der Waals surface area contributed by atoms with E-state index in [2.05, 4.69) is 41.3 Å². The summed E-state index contributed by atoms with van der Waals surface area (Å²) in [6, 6.07) is 0. The lowest BCUT2D eigenvalue weighted by Crippen LogP contribution is -2.16. The Kier molecular flexibility index (Phi) is 10.1. The Morgan fingerprint density at radius 3 is 2.40 bits per heavy atom. The van der Waals surface area contributed by atoms with Gasteiger partial charge in [-0.3, -0.25) is 4.79 Å². The van der Waals surface area contributed by atoms with E-state index in [1.165, 1.54) is 12.2 Å². The molecule has 30 heavy (non-hydrogen) atoms. The Bertz CT molecular complexity index is 989. The van der Waals surface area contributed by atoms with Crippen LogP contribution in [0.2, 0.25) is 0 Å². The number of carboxylic acid groups (broad SMARTS) is 1. The van der Waals surface area contributed by atoms with Crippen LogP contribution in [-0.2, 0) is 22.7 Å². The average molecular weight is 431 g/mol. The first-order chi connectivity index (χ1) is 14.3. The summed E-state index contributed by atoms with van der Waals surface area (Å²) in [5.41, 5.74) is 2.94. The van der Waals surface area contributed by atoms with Crippen LogP contribution in [0, 0.1) is 5.92 Å². The summed E-state index contributed by atoms with van der Waals surface area (Å²) in [5.74, 6) is -1.62. The molecular weight excluding hydrogens is 404 g/mol. The molecule has 1 aromatic heterocycles. The fourth-order valence-electron chi connectivity index (χ4n) is 2.76. The number of carbonyl (C=O) groups is 1. The zero-order chi connectivity index (χ0) is 22.7. The Labute approximate surface area is 178 Å². The molecule has 0 radical (unpaired) electrons. The van der Waals surface area contributed by atoms with Gasteiger partial charge in [0.05, 0.1) is 12.1 Å². The second kappa shape index (κ2) is 12.3. The van der Waals surface area contributed by atoms with E-state index in [1.807, 2.05) is 0 Å². The van der Waals surface area contributed by atoms with Crippen LogP contribution in [0.3, 0.4) is 0 Å². The van der Waals surface area contributed by atoms with Gasteiger partial charge in [0, 0.05) is 19.5 Å². The summed E-state index contributed by atoms with van der Waals surface area (Å²) in [6.07, 6.45) is 11.0. The summed E-state index contributed by atoms with van der Waals surface area (Å²) < 4.78 is 25.6. The van der Waals surface area contributed by atoms with E-state index in [0.29, 0.717) is 28.1 Å². The highest BCUT2D eigenvalue weighted by atomic mass is 32.2. The van der Waals surface area contributed by atoms with Crippen LogP contribution in [0.15, 0.2) is 73.4 Å². The Morgan fingerprint density at radius 2 is 1.90 bits per heavy atom. The van der Waals surface area contributed by atoms with Crippen molar-refractivity contribution in [3.05, 3.63) is 84.8 Å². The summed E-state index contributed by atoms with van der Waals surface area (Å²) in [6.45, 7) is 15.0. The van der Waals surface area contributed by atoms with E-state index in [0.717, 1.165) is 0 Å². The number of aryl methyl sites for hydroxylation is 1. The smallest absolute Gasteiger partial charge is 0.304 e. The molecule has 1 atom stereocenters. The molecule has 0 amide bonds. The van der Waals surface area contributed by atoms with Crippen LogP contribution in [0.25, 0.3) is 12.2 Å². The number of carboxylic acids is 1. The third-order valence-corrected chi connectivity index (χ3v) is 4.56. The van der Waals surface area contributed by atoms with E-state index in [9.17, 15) is 18.3 Å². The number of rotatable bonds is 13. The van der Waals surface area contributed by atoms with Crippen LogP contribution in [0.5, 0.6) is 0 Å². The highest BCUT2D eigenvalue weighted by Gasteiger charge is 2.21. The fourth-order valence-corrected chi connectivity index (χ4v) is 3.08. The van der Waals surface area contributed by atoms with Gasteiger partial charge in [0.1, 0.15) is 5.69 Å². The summed E-state index contributed by atoms with van der Waals surface area (Å²) in [7, 11) is -1.06. The largest absolute Gasteiger partial charge is 0.481 e. The molecular formula is C21H26N4O4S. The lowest BCUT2D eigenvalue weighted by molar-refractivity contribution is -0.137. The molecule has 0 aliphatic rings. The standard InChI is InChI=1S/C21H26N4O4S/c1-6-10-15(14-22-30(28)29)11-16(7-2)18(13-21(26)27)17(8-3)12-19-20(9-4)25(5)24-23-19/h6-12,18,30H,1-4,13-14H2,5H3,(H,26,27)(H,22,28,29)/b15-10+,16-11+,17-12+. The third-order valence-electron chi connectivity index (χ3n) is 4.15. The molecule has 1 aromatic rings. The lowest BCUT2D eigenvalue weighted by atomic mass is 9.86. The van der Waals surface area contributed by atoms with E-state index < -0.39 is 22.8 Å². The molecule has 0 bridgehead atoms. The van der Waals surface area contributed by atoms with Crippen LogP contribution in [0.1, 0.15) is 17.8 Å². The molecule has 8 nitrogen and oxygen atoms in total. The van der Waals surface area contributed by atoms with Crippen molar-refractivity contribution in [3.63, 3.8) is 0 Å². The number of aromatic nitrogens is 3. The van der Waals surface area contributed by atoms with Crippen molar-refractivity contribution in [1.29, 1.82) is 0 Å². The molecule has 9 heteroatoms. The zero-order valence-corrected chi connectivity index (χ0v) is 17.7. The van der Waals surface area contributed by atoms with Crippen LogP contribution < -0.4 is 4.72 Å². The SMILES string of the molecule is C=C/C=C(\C=C(/C=C)C(CC(=O)O)/C(C=C)=C/c1nnn(C)c1C=C)CN[SH](=O)=O. The number of thiol groups is 1. The second-order valence-corrected chi connectivity index (χ2v) is 6.93. The Hall–Kier alpha value is -3.30. The van der Waals surface area contributed by atoms with Gasteiger partial charge in [-0.15, -0.1) is 5.10 Å². The van der Waals surface area contributed by atoms with Gasteiger partial charge >= 0.3 is 5.97 Å². The van der Waals surface area contributed by atoms with Crippen molar-refractivity contribution in [2.24, 2.45) is 13.0 Å². The van der Waals surface area contributed by atoms with Crippen molar-refractivity contribution >= 4 is 29.0 Å². The molecule has 2 N–H and O–H groups in total. The van der Waals surface area contributed by atoms with Crippen LogP contribution >= 0.6 is 0 Å². The van der Waals surface area contributed by atoms with E-state index in [1.54, 1.807) is 42.1 Å². The maximum Gasteiger partial charge on any atom is 0.304 e. The molecule has 0 saturated heterocycles. The quantitative estimate of drug-likeness (QED) is 0.327. The molecule has 0 fully saturated rings. The van der Waals surface area contributed by atoms with Crippen LogP contribution in [0.4, 0.5) is 0 Å². The van der Waals surface area contributed by atoms with Gasteiger partial charge in [-0.25, -0.2) is 17.8 Å². The van der Waals surface area contributed by atoms with Gasteiger partial charge in [-0.2, -0.15) is 0 Å². The van der Waals surface area contributed by atoms with E-state index >= 15 is 0 Å². The van der Waals surface area contributed by atoms with Crippen molar-refractivity contribution in [1.82, 2.24) is 19.7 Å². The number of nitrogens with zero attached hydrogens (tertiary/aromatic N) is 3. The number of allylic oxidation sites excluding steroid dienone is 6. The zero-order valence-electron chi connectivity index (χ0n) is 16.8. The van der Waals surface area contributed by atoms with E-state index in [4.69, 9.17) is 0 Å². The molecule has 0 aliphatic carbocycles. The van der Waals surface area contributed by atoms with E-state index in [-0.39, 0.29) is 13.0 Å². The van der Waals surface area contributed by atoms with Gasteiger partial charge in [0.25, 0.3) is 0 Å². The van der Waals surface area contributed by atoms with Crippen molar-refractivity contribution < 1.29 is 18.3 Å². The first kappa shape index (κ1) is 24.7. The maximum absolute atomic E-state index is 11.6. The molecule has 0 saturated carbocycles. The monoisotopic (exact) mass is 430 g/mol. The second-order valence-electron chi connectivity index (χ2n) is 6.10. The van der Waals surface area contributed by atoms with Crippen molar-refractivity contribution in [2.75, 3.05) is 6.54 Å². The number of hydrogen-bond acceptors (Lipinski definition) is 5. The maximum atomic E-state index is 11.6. The first-order valence-electron chi connectivity index (χ1n) is 8.88. The Balaban J connectivity index is 3.52. The lowest BCUT2D eigenvalue weighted by Gasteiger charge is -2.19. The van der Waals surface area contributed by atoms with Crippen LogP contribution in [-0.4, -0.2) is 41.0 Å². The highest BCUT2D eigenvalue weighted by molar-refractivity contribution is 7.70. The average Bonchev–Trinajstić information content (AvgIpc) is 3.05. The number of aliphatic carboxylic acids is 1. The Morgan fingerprint density at radius 1 is 1.23 bits per heavy atom. The third kappa shape index (κ3) is 7.26. The molecule has 160 valence electrons. The van der Waals surface area contributed by atoms with Gasteiger partial charge in [-0.1, -0.05) is 61.9 Å². The van der Waals surface area contributed by atoms with Gasteiger partial charge < -0.3 is 5.11 Å². The predicted octanol–water partition coefficient (Wildman–Crippen LogP) is 2.46. The number of nitrogens with one attached hydrogen (secondary N) is 1. The normalized spacial score (nSPS) is 13.7.